The molecule has 13 heavy (non-hydrogen) atoms. The topological polar surface area (TPSA) is 17.3 Å². The van der Waals surface area contributed by atoms with Gasteiger partial charge in [0.25, 0.3) is 0 Å². The van der Waals surface area contributed by atoms with Gasteiger partial charge in [0.2, 0.25) is 0 Å². The van der Waals surface area contributed by atoms with Crippen LogP contribution in [0.2, 0.25) is 0 Å². The zero-order valence-electron chi connectivity index (χ0n) is 8.70. The Hall–Kier alpha value is -1.31. The fraction of sp³-hybridized carbons (Fsp3) is 0.364. The first-order valence-electron chi connectivity index (χ1n) is 4.68. The Labute approximate surface area is 79.2 Å². The van der Waals surface area contributed by atoms with Crippen molar-refractivity contribution in [1.29, 1.82) is 0 Å². The van der Waals surface area contributed by atoms with Crippen LogP contribution in [0.15, 0.2) is 24.5 Å². The van der Waals surface area contributed by atoms with E-state index in [1.165, 1.54) is 11.3 Å². The van der Waals surface area contributed by atoms with Gasteiger partial charge in [-0.1, -0.05) is 19.9 Å². The van der Waals surface area contributed by atoms with Crippen LogP contribution in [-0.2, 0) is 0 Å². The Morgan fingerprint density at radius 2 is 1.92 bits per heavy atom. The molecule has 2 aromatic heterocycles. The van der Waals surface area contributed by atoms with Gasteiger partial charge in [0.05, 0.1) is 0 Å². The van der Waals surface area contributed by atoms with Gasteiger partial charge < -0.3 is 4.40 Å². The normalized spacial score (nSPS) is 9.54. The lowest BCUT2D eigenvalue weighted by atomic mass is 10.3. The molecule has 0 spiro atoms. The zero-order valence-corrected chi connectivity index (χ0v) is 8.70. The summed E-state index contributed by atoms with van der Waals surface area (Å²) in [6.45, 7) is 8.13. The molecule has 0 aromatic carbocycles. The summed E-state index contributed by atoms with van der Waals surface area (Å²) in [6, 6.07) is 4.11. The predicted molar refractivity (Wildman–Crippen MR) is 56.0 cm³/mol. The largest absolute Gasteiger partial charge is 0.304 e. The Balaban J connectivity index is 0.000000396. The van der Waals surface area contributed by atoms with E-state index >= 15 is 0 Å². The second-order valence-electron chi connectivity index (χ2n) is 2.78. The molecule has 0 unspecified atom stereocenters. The van der Waals surface area contributed by atoms with Crippen molar-refractivity contribution in [2.24, 2.45) is 0 Å². The summed E-state index contributed by atoms with van der Waals surface area (Å²) < 4.78 is 2.09. The monoisotopic (exact) mass is 176 g/mol. The van der Waals surface area contributed by atoms with E-state index in [0.717, 1.165) is 5.65 Å². The lowest BCUT2D eigenvalue weighted by Gasteiger charge is -1.96. The summed E-state index contributed by atoms with van der Waals surface area (Å²) in [6.07, 6.45) is 3.92. The van der Waals surface area contributed by atoms with Crippen molar-refractivity contribution in [2.45, 2.75) is 27.7 Å². The second kappa shape index (κ2) is 4.08. The molecule has 0 aliphatic carbocycles. The average molecular weight is 176 g/mol. The Bertz CT molecular complexity index is 388. The van der Waals surface area contributed by atoms with Crippen LogP contribution in [0.4, 0.5) is 0 Å². The highest BCUT2D eigenvalue weighted by molar-refractivity contribution is 5.47. The van der Waals surface area contributed by atoms with E-state index in [2.05, 4.69) is 29.3 Å². The number of hydrogen-bond donors (Lipinski definition) is 0. The average Bonchev–Trinajstić information content (AvgIpc) is 2.53. The fourth-order valence-corrected chi connectivity index (χ4v) is 1.27. The van der Waals surface area contributed by atoms with E-state index in [1.54, 1.807) is 0 Å². The first-order chi connectivity index (χ1) is 6.29. The van der Waals surface area contributed by atoms with Gasteiger partial charge >= 0.3 is 0 Å². The molecular weight excluding hydrogens is 160 g/mol. The molecule has 0 radical (unpaired) electrons. The molecule has 2 nitrogen and oxygen atoms in total. The molecule has 0 saturated carbocycles. The van der Waals surface area contributed by atoms with Gasteiger partial charge in [-0.25, -0.2) is 4.98 Å². The number of nitrogens with zero attached hydrogens (tertiary/aromatic N) is 2. The maximum atomic E-state index is 4.28. The molecule has 0 aliphatic rings. The number of pyridine rings is 1. The molecule has 0 saturated heterocycles. The summed E-state index contributed by atoms with van der Waals surface area (Å²) in [5.41, 5.74) is 3.47. The van der Waals surface area contributed by atoms with Gasteiger partial charge in [-0.15, -0.1) is 0 Å². The van der Waals surface area contributed by atoms with E-state index in [1.807, 2.05) is 32.3 Å². The van der Waals surface area contributed by atoms with Crippen molar-refractivity contribution in [3.05, 3.63) is 35.8 Å². The number of rotatable bonds is 0. The van der Waals surface area contributed by atoms with Gasteiger partial charge in [0.1, 0.15) is 5.65 Å². The summed E-state index contributed by atoms with van der Waals surface area (Å²) >= 11 is 0. The van der Waals surface area contributed by atoms with Crippen LogP contribution in [0.1, 0.15) is 25.1 Å². The van der Waals surface area contributed by atoms with Crippen LogP contribution in [0, 0.1) is 13.8 Å². The fourth-order valence-electron chi connectivity index (χ4n) is 1.27. The molecule has 2 heterocycles. The number of aryl methyl sites for hydroxylation is 2. The van der Waals surface area contributed by atoms with E-state index in [9.17, 15) is 0 Å². The van der Waals surface area contributed by atoms with Crippen LogP contribution in [0.5, 0.6) is 0 Å². The van der Waals surface area contributed by atoms with Crippen LogP contribution in [0.25, 0.3) is 5.65 Å². The minimum absolute atomic E-state index is 1.06. The minimum atomic E-state index is 1.06. The molecule has 0 fully saturated rings. The van der Waals surface area contributed by atoms with E-state index in [-0.39, 0.29) is 0 Å². The maximum absolute atomic E-state index is 4.28. The molecular formula is C11H16N2. The Morgan fingerprint density at radius 1 is 1.23 bits per heavy atom. The minimum Gasteiger partial charge on any atom is -0.304 e. The quantitative estimate of drug-likeness (QED) is 0.603. The number of hydrogen-bond acceptors (Lipinski definition) is 1. The molecule has 2 rings (SSSR count). The first kappa shape index (κ1) is 9.78. The van der Waals surface area contributed by atoms with Gasteiger partial charge in [0, 0.05) is 18.1 Å². The standard InChI is InChI=1S/C9H10N2.C2H6/c1-7-4-3-5-11-8(2)6-10-9(7)11;1-2/h3-6H,1-2H3;1-2H3. The Kier molecular flexibility index (Phi) is 3.07. The molecule has 2 aromatic rings. The highest BCUT2D eigenvalue weighted by Crippen LogP contribution is 2.09. The predicted octanol–water partition coefficient (Wildman–Crippen LogP) is 2.98. The van der Waals surface area contributed by atoms with Gasteiger partial charge in [-0.05, 0) is 25.5 Å². The third-order valence-electron chi connectivity index (χ3n) is 1.92. The molecule has 0 bridgehead atoms. The molecule has 2 heteroatoms. The smallest absolute Gasteiger partial charge is 0.139 e. The summed E-state index contributed by atoms with van der Waals surface area (Å²) in [5, 5.41) is 0. The van der Waals surface area contributed by atoms with E-state index in [4.69, 9.17) is 0 Å². The Morgan fingerprint density at radius 3 is 2.54 bits per heavy atom. The molecule has 0 amide bonds. The highest BCUT2D eigenvalue weighted by Gasteiger charge is 1.98. The molecule has 0 N–H and O–H groups in total. The van der Waals surface area contributed by atoms with Gasteiger partial charge in [-0.2, -0.15) is 0 Å². The van der Waals surface area contributed by atoms with E-state index in [0.29, 0.717) is 0 Å². The van der Waals surface area contributed by atoms with Crippen molar-refractivity contribution in [3.63, 3.8) is 0 Å². The van der Waals surface area contributed by atoms with Crippen molar-refractivity contribution < 1.29 is 0 Å². The maximum Gasteiger partial charge on any atom is 0.139 e. The third-order valence-corrected chi connectivity index (χ3v) is 1.92. The van der Waals surface area contributed by atoms with Crippen LogP contribution >= 0.6 is 0 Å². The van der Waals surface area contributed by atoms with Crippen molar-refractivity contribution >= 4 is 5.65 Å². The lowest BCUT2D eigenvalue weighted by molar-refractivity contribution is 1.10. The second-order valence-corrected chi connectivity index (χ2v) is 2.78. The summed E-state index contributed by atoms with van der Waals surface area (Å²) in [4.78, 5) is 4.28. The summed E-state index contributed by atoms with van der Waals surface area (Å²) in [7, 11) is 0. The third kappa shape index (κ3) is 1.72. The number of fused-ring (bicyclic) bond motifs is 1. The molecule has 0 atom stereocenters. The number of aromatic nitrogens is 2. The van der Waals surface area contributed by atoms with Crippen LogP contribution < -0.4 is 0 Å². The van der Waals surface area contributed by atoms with Gasteiger partial charge in [0.15, 0.2) is 0 Å². The van der Waals surface area contributed by atoms with Crippen LogP contribution in [0.3, 0.4) is 0 Å². The van der Waals surface area contributed by atoms with Gasteiger partial charge in [-0.3, -0.25) is 0 Å². The first-order valence-corrected chi connectivity index (χ1v) is 4.68. The molecule has 70 valence electrons. The van der Waals surface area contributed by atoms with Crippen molar-refractivity contribution in [3.8, 4) is 0 Å². The zero-order chi connectivity index (χ0) is 9.84. The number of imidazole rings is 1. The van der Waals surface area contributed by atoms with Crippen LogP contribution in [-0.4, -0.2) is 9.38 Å². The van der Waals surface area contributed by atoms with Crippen molar-refractivity contribution in [1.82, 2.24) is 9.38 Å². The van der Waals surface area contributed by atoms with Crippen molar-refractivity contribution in [2.75, 3.05) is 0 Å². The summed E-state index contributed by atoms with van der Waals surface area (Å²) in [5.74, 6) is 0. The highest BCUT2D eigenvalue weighted by atomic mass is 15.0. The van der Waals surface area contributed by atoms with E-state index < -0.39 is 0 Å². The molecule has 0 aliphatic heterocycles. The SMILES string of the molecule is CC.Cc1cccn2c(C)cnc12. The lowest BCUT2D eigenvalue weighted by Crippen LogP contribution is -1.87.